The zero-order chi connectivity index (χ0) is 14.1. The minimum atomic E-state index is -0.313. The molecule has 0 fully saturated rings. The van der Waals surface area contributed by atoms with Gasteiger partial charge in [0.15, 0.2) is 0 Å². The summed E-state index contributed by atoms with van der Waals surface area (Å²) in [5.41, 5.74) is 12.8. The van der Waals surface area contributed by atoms with Crippen LogP contribution < -0.4 is 11.5 Å². The number of nitrogen functional groups attached to an aromatic ring is 1. The number of nitrogens with two attached hydrogens (primary N) is 2. The number of primary amides is 1. The smallest absolute Gasteiger partial charge is 0.231 e. The van der Waals surface area contributed by atoms with Crippen LogP contribution in [0, 0.1) is 0 Å². The van der Waals surface area contributed by atoms with E-state index in [2.05, 4.69) is 0 Å². The molecule has 0 heterocycles. The third kappa shape index (κ3) is 6.79. The third-order valence-corrected chi connectivity index (χ3v) is 2.73. The number of benzene rings is 1. The van der Waals surface area contributed by atoms with Gasteiger partial charge >= 0.3 is 0 Å². The SMILES string of the molecule is CCOCCCN(CC(N)=O)Cc1ccc(N)cc1. The lowest BCUT2D eigenvalue weighted by atomic mass is 10.2. The predicted octanol–water partition coefficient (Wildman–Crippen LogP) is 0.983. The molecule has 1 amide bonds. The zero-order valence-electron chi connectivity index (χ0n) is 11.5. The van der Waals surface area contributed by atoms with Gasteiger partial charge in [0.1, 0.15) is 0 Å². The highest BCUT2D eigenvalue weighted by Crippen LogP contribution is 2.08. The Morgan fingerprint density at radius 3 is 2.58 bits per heavy atom. The first-order valence-electron chi connectivity index (χ1n) is 6.54. The fourth-order valence-electron chi connectivity index (χ4n) is 1.85. The number of carbonyl (C=O) groups excluding carboxylic acids is 1. The molecule has 1 rings (SSSR count). The van der Waals surface area contributed by atoms with Crippen LogP contribution in [0.2, 0.25) is 0 Å². The summed E-state index contributed by atoms with van der Waals surface area (Å²) in [6.07, 6.45) is 0.885. The van der Waals surface area contributed by atoms with Crippen LogP contribution >= 0.6 is 0 Å². The molecule has 0 radical (unpaired) electrons. The molecule has 0 unspecified atom stereocenters. The fraction of sp³-hybridized carbons (Fsp3) is 0.500. The van der Waals surface area contributed by atoms with E-state index in [0.29, 0.717) is 19.8 Å². The van der Waals surface area contributed by atoms with E-state index in [1.54, 1.807) is 0 Å². The average molecular weight is 265 g/mol. The monoisotopic (exact) mass is 265 g/mol. The van der Waals surface area contributed by atoms with Gasteiger partial charge in [0.25, 0.3) is 0 Å². The summed E-state index contributed by atoms with van der Waals surface area (Å²) >= 11 is 0. The number of anilines is 1. The highest BCUT2D eigenvalue weighted by Gasteiger charge is 2.08. The minimum Gasteiger partial charge on any atom is -0.399 e. The van der Waals surface area contributed by atoms with E-state index in [9.17, 15) is 4.79 Å². The maximum Gasteiger partial charge on any atom is 0.231 e. The molecule has 1 aromatic carbocycles. The van der Waals surface area contributed by atoms with Crippen molar-refractivity contribution in [2.45, 2.75) is 19.9 Å². The van der Waals surface area contributed by atoms with E-state index in [0.717, 1.165) is 24.2 Å². The maximum atomic E-state index is 11.1. The Bertz CT molecular complexity index is 379. The molecule has 19 heavy (non-hydrogen) atoms. The van der Waals surface area contributed by atoms with Crippen LogP contribution in [0.5, 0.6) is 0 Å². The molecule has 106 valence electrons. The van der Waals surface area contributed by atoms with Gasteiger partial charge in [-0.3, -0.25) is 9.69 Å². The second kappa shape index (κ2) is 8.50. The zero-order valence-corrected chi connectivity index (χ0v) is 11.5. The second-order valence-corrected chi connectivity index (χ2v) is 4.47. The summed E-state index contributed by atoms with van der Waals surface area (Å²) in [5, 5.41) is 0. The van der Waals surface area contributed by atoms with Crippen molar-refractivity contribution in [2.75, 3.05) is 32.0 Å². The lowest BCUT2D eigenvalue weighted by molar-refractivity contribution is -0.119. The van der Waals surface area contributed by atoms with E-state index in [-0.39, 0.29) is 12.5 Å². The topological polar surface area (TPSA) is 81.6 Å². The summed E-state index contributed by atoms with van der Waals surface area (Å²) in [7, 11) is 0. The molecule has 4 N–H and O–H groups in total. The molecular formula is C14H23N3O2. The normalized spacial score (nSPS) is 10.8. The van der Waals surface area contributed by atoms with Gasteiger partial charge in [-0.05, 0) is 31.0 Å². The van der Waals surface area contributed by atoms with Crippen LogP contribution in [0.1, 0.15) is 18.9 Å². The van der Waals surface area contributed by atoms with Crippen molar-refractivity contribution < 1.29 is 9.53 Å². The molecule has 1 aromatic rings. The Labute approximate surface area is 114 Å². The number of carbonyl (C=O) groups is 1. The molecule has 0 spiro atoms. The van der Waals surface area contributed by atoms with Crippen molar-refractivity contribution in [1.29, 1.82) is 0 Å². The number of hydrogen-bond donors (Lipinski definition) is 2. The van der Waals surface area contributed by atoms with Crippen molar-refractivity contribution in [3.8, 4) is 0 Å². The molecule has 0 aliphatic carbocycles. The molecule has 0 saturated heterocycles. The summed E-state index contributed by atoms with van der Waals surface area (Å²) in [4.78, 5) is 13.1. The van der Waals surface area contributed by atoms with E-state index in [1.807, 2.05) is 36.1 Å². The van der Waals surface area contributed by atoms with Gasteiger partial charge in [0.2, 0.25) is 5.91 Å². The molecule has 0 atom stereocenters. The average Bonchev–Trinajstić information content (AvgIpc) is 2.36. The fourth-order valence-corrected chi connectivity index (χ4v) is 1.85. The molecule has 5 nitrogen and oxygen atoms in total. The van der Waals surface area contributed by atoms with Gasteiger partial charge in [-0.25, -0.2) is 0 Å². The third-order valence-electron chi connectivity index (χ3n) is 2.73. The summed E-state index contributed by atoms with van der Waals surface area (Å²) in [6, 6.07) is 7.65. The first-order valence-corrected chi connectivity index (χ1v) is 6.54. The second-order valence-electron chi connectivity index (χ2n) is 4.47. The van der Waals surface area contributed by atoms with Gasteiger partial charge in [-0.1, -0.05) is 12.1 Å². The Morgan fingerprint density at radius 2 is 2.00 bits per heavy atom. The van der Waals surface area contributed by atoms with Crippen molar-refractivity contribution in [2.24, 2.45) is 5.73 Å². The van der Waals surface area contributed by atoms with Crippen LogP contribution in [0.15, 0.2) is 24.3 Å². The number of hydrogen-bond acceptors (Lipinski definition) is 4. The standard InChI is InChI=1S/C14H23N3O2/c1-2-19-9-3-8-17(11-14(16)18)10-12-4-6-13(15)7-5-12/h4-7H,2-3,8-11,15H2,1H3,(H2,16,18). The number of rotatable bonds is 9. The van der Waals surface area contributed by atoms with Crippen molar-refractivity contribution in [1.82, 2.24) is 4.90 Å². The van der Waals surface area contributed by atoms with Crippen molar-refractivity contribution in [3.05, 3.63) is 29.8 Å². The van der Waals surface area contributed by atoms with E-state index in [4.69, 9.17) is 16.2 Å². The molecule has 0 bridgehead atoms. The summed E-state index contributed by atoms with van der Waals surface area (Å²) in [5.74, 6) is -0.313. The van der Waals surface area contributed by atoms with Crippen LogP contribution in [0.25, 0.3) is 0 Å². The quantitative estimate of drug-likeness (QED) is 0.515. The van der Waals surface area contributed by atoms with E-state index < -0.39 is 0 Å². The van der Waals surface area contributed by atoms with Gasteiger partial charge in [0, 0.05) is 32.0 Å². The van der Waals surface area contributed by atoms with Gasteiger partial charge in [-0.2, -0.15) is 0 Å². The largest absolute Gasteiger partial charge is 0.399 e. The minimum absolute atomic E-state index is 0.260. The Balaban J connectivity index is 2.48. The predicted molar refractivity (Wildman–Crippen MR) is 76.4 cm³/mol. The van der Waals surface area contributed by atoms with Crippen molar-refractivity contribution in [3.63, 3.8) is 0 Å². The van der Waals surface area contributed by atoms with Crippen LogP contribution in [-0.4, -0.2) is 37.1 Å². The molecular weight excluding hydrogens is 242 g/mol. The Hall–Kier alpha value is -1.59. The first kappa shape index (κ1) is 15.5. The lowest BCUT2D eigenvalue weighted by Crippen LogP contribution is -2.34. The highest BCUT2D eigenvalue weighted by atomic mass is 16.5. The van der Waals surface area contributed by atoms with E-state index in [1.165, 1.54) is 0 Å². The van der Waals surface area contributed by atoms with Gasteiger partial charge in [0.05, 0.1) is 6.54 Å². The molecule has 0 aromatic heterocycles. The summed E-state index contributed by atoms with van der Waals surface area (Å²) < 4.78 is 5.30. The van der Waals surface area contributed by atoms with Crippen molar-refractivity contribution >= 4 is 11.6 Å². The van der Waals surface area contributed by atoms with Crippen LogP contribution in [0.4, 0.5) is 5.69 Å². The molecule has 0 saturated carbocycles. The molecule has 5 heteroatoms. The van der Waals surface area contributed by atoms with E-state index >= 15 is 0 Å². The maximum absolute atomic E-state index is 11.1. The Kier molecular flexibility index (Phi) is 6.92. The molecule has 0 aliphatic heterocycles. The number of ether oxygens (including phenoxy) is 1. The van der Waals surface area contributed by atoms with Gasteiger partial charge < -0.3 is 16.2 Å². The first-order chi connectivity index (χ1) is 9.11. The lowest BCUT2D eigenvalue weighted by Gasteiger charge is -2.20. The van der Waals surface area contributed by atoms with Crippen LogP contribution in [0.3, 0.4) is 0 Å². The number of nitrogens with zero attached hydrogens (tertiary/aromatic N) is 1. The van der Waals surface area contributed by atoms with Gasteiger partial charge in [-0.15, -0.1) is 0 Å². The number of amides is 1. The Morgan fingerprint density at radius 1 is 1.32 bits per heavy atom. The molecule has 0 aliphatic rings. The summed E-state index contributed by atoms with van der Waals surface area (Å²) in [6.45, 7) is 5.12. The highest BCUT2D eigenvalue weighted by molar-refractivity contribution is 5.75. The van der Waals surface area contributed by atoms with Crippen LogP contribution in [-0.2, 0) is 16.1 Å².